The molecule has 0 unspecified atom stereocenters. The second kappa shape index (κ2) is 5.35. The van der Waals surface area contributed by atoms with E-state index in [1.807, 2.05) is 0 Å². The van der Waals surface area contributed by atoms with Gasteiger partial charge in [-0.3, -0.25) is 4.79 Å². The highest BCUT2D eigenvalue weighted by atomic mass is 79.9. The Kier molecular flexibility index (Phi) is 4.34. The second-order valence-corrected chi connectivity index (χ2v) is 4.11. The minimum absolute atomic E-state index is 0.0640. The van der Waals surface area contributed by atoms with Crippen molar-refractivity contribution in [3.05, 3.63) is 40.4 Å². The number of rotatable bonds is 2. The number of hydrogen-bond donors (Lipinski definition) is 1. The van der Waals surface area contributed by atoms with Gasteiger partial charge in [-0.25, -0.2) is 0 Å². The maximum atomic E-state index is 12.3. The van der Waals surface area contributed by atoms with Crippen molar-refractivity contribution in [3.63, 3.8) is 0 Å². The van der Waals surface area contributed by atoms with Crippen molar-refractivity contribution in [2.75, 3.05) is 0 Å². The fraction of sp³-hybridized carbons (Fsp3) is 0.182. The number of amides is 1. The number of carbonyl (C=O) groups is 1. The Morgan fingerprint density at radius 3 is 2.41 bits per heavy atom. The molecule has 1 amide bonds. The first-order chi connectivity index (χ1) is 7.79. The van der Waals surface area contributed by atoms with Crippen molar-refractivity contribution in [3.8, 4) is 0 Å². The maximum Gasteiger partial charge on any atom is 0.411 e. The van der Waals surface area contributed by atoms with Crippen LogP contribution in [0.4, 0.5) is 13.2 Å². The molecule has 17 heavy (non-hydrogen) atoms. The van der Waals surface area contributed by atoms with Gasteiger partial charge in [0.15, 0.2) is 0 Å². The molecule has 1 N–H and O–H groups in total. The SMILES string of the molecule is CC(=O)N/C(=C/C(F)(F)F)c1ccccc1Br. The lowest BCUT2D eigenvalue weighted by atomic mass is 10.1. The molecule has 6 heteroatoms. The molecule has 0 bridgehead atoms. The van der Waals surface area contributed by atoms with Gasteiger partial charge < -0.3 is 5.32 Å². The van der Waals surface area contributed by atoms with E-state index < -0.39 is 12.1 Å². The van der Waals surface area contributed by atoms with Crippen molar-refractivity contribution in [2.45, 2.75) is 13.1 Å². The smallest absolute Gasteiger partial charge is 0.326 e. The van der Waals surface area contributed by atoms with Gasteiger partial charge in [-0.1, -0.05) is 34.1 Å². The first-order valence-electron chi connectivity index (χ1n) is 4.61. The first-order valence-corrected chi connectivity index (χ1v) is 5.41. The molecular formula is C11H9BrF3NO. The molecule has 0 aliphatic carbocycles. The number of allylic oxidation sites excluding steroid dienone is 1. The Morgan fingerprint density at radius 1 is 1.35 bits per heavy atom. The average molecular weight is 308 g/mol. The zero-order valence-electron chi connectivity index (χ0n) is 8.81. The van der Waals surface area contributed by atoms with Crippen LogP contribution >= 0.6 is 15.9 Å². The van der Waals surface area contributed by atoms with Crippen LogP contribution in [0.15, 0.2) is 34.8 Å². The van der Waals surface area contributed by atoms with Crippen molar-refractivity contribution in [2.24, 2.45) is 0 Å². The minimum atomic E-state index is -4.49. The third-order valence-electron chi connectivity index (χ3n) is 1.78. The summed E-state index contributed by atoms with van der Waals surface area (Å²) in [6.45, 7) is 1.15. The number of hydrogen-bond acceptors (Lipinski definition) is 1. The second-order valence-electron chi connectivity index (χ2n) is 3.26. The predicted molar refractivity (Wildman–Crippen MR) is 62.0 cm³/mol. The molecule has 0 fully saturated rings. The lowest BCUT2D eigenvalue weighted by Gasteiger charge is -2.11. The van der Waals surface area contributed by atoms with E-state index in [2.05, 4.69) is 21.2 Å². The van der Waals surface area contributed by atoms with Gasteiger partial charge in [-0.05, 0) is 6.07 Å². The van der Waals surface area contributed by atoms with E-state index in [4.69, 9.17) is 0 Å². The molecule has 0 aliphatic heterocycles. The van der Waals surface area contributed by atoms with Crippen LogP contribution in [0, 0.1) is 0 Å². The van der Waals surface area contributed by atoms with Gasteiger partial charge in [-0.2, -0.15) is 13.2 Å². The summed E-state index contributed by atoms with van der Waals surface area (Å²) in [5.74, 6) is -0.559. The van der Waals surface area contributed by atoms with Crippen LogP contribution in [0.1, 0.15) is 12.5 Å². The maximum absolute atomic E-state index is 12.3. The number of alkyl halides is 3. The molecule has 0 radical (unpaired) electrons. The monoisotopic (exact) mass is 307 g/mol. The summed E-state index contributed by atoms with van der Waals surface area (Å²) in [7, 11) is 0. The lowest BCUT2D eigenvalue weighted by molar-refractivity contribution is -0.117. The number of carbonyl (C=O) groups excluding carboxylic acids is 1. The van der Waals surface area contributed by atoms with Crippen LogP contribution in [0.2, 0.25) is 0 Å². The summed E-state index contributed by atoms with van der Waals surface area (Å²) in [4.78, 5) is 10.9. The quantitative estimate of drug-likeness (QED) is 0.890. The highest BCUT2D eigenvalue weighted by molar-refractivity contribution is 9.10. The number of benzene rings is 1. The van der Waals surface area contributed by atoms with E-state index in [1.54, 1.807) is 18.2 Å². The molecule has 0 heterocycles. The largest absolute Gasteiger partial charge is 0.411 e. The van der Waals surface area contributed by atoms with E-state index in [9.17, 15) is 18.0 Å². The summed E-state index contributed by atoms with van der Waals surface area (Å²) >= 11 is 3.13. The molecule has 2 nitrogen and oxygen atoms in total. The van der Waals surface area contributed by atoms with Crippen LogP contribution in [-0.2, 0) is 4.79 Å². The van der Waals surface area contributed by atoms with Crippen LogP contribution in [0.3, 0.4) is 0 Å². The van der Waals surface area contributed by atoms with E-state index in [0.29, 0.717) is 4.47 Å². The molecule has 1 aromatic rings. The van der Waals surface area contributed by atoms with Crippen LogP contribution in [-0.4, -0.2) is 12.1 Å². The molecule has 0 aromatic heterocycles. The molecular weight excluding hydrogens is 299 g/mol. The predicted octanol–water partition coefficient (Wildman–Crippen LogP) is 3.49. The van der Waals surface area contributed by atoms with Gasteiger partial charge in [0.2, 0.25) is 5.91 Å². The zero-order chi connectivity index (χ0) is 13.1. The van der Waals surface area contributed by atoms with Crippen molar-refractivity contribution in [1.82, 2.24) is 5.32 Å². The molecule has 0 saturated carbocycles. The van der Waals surface area contributed by atoms with Gasteiger partial charge in [-0.15, -0.1) is 0 Å². The van der Waals surface area contributed by atoms with E-state index in [-0.39, 0.29) is 17.3 Å². The normalized spacial score (nSPS) is 12.4. The first kappa shape index (κ1) is 13.8. The highest BCUT2D eigenvalue weighted by Gasteiger charge is 2.26. The minimum Gasteiger partial charge on any atom is -0.326 e. The van der Waals surface area contributed by atoms with Crippen LogP contribution in [0.25, 0.3) is 5.70 Å². The molecule has 1 rings (SSSR count). The average Bonchev–Trinajstić information content (AvgIpc) is 2.14. The fourth-order valence-corrected chi connectivity index (χ4v) is 1.71. The number of halogens is 4. The Labute approximate surface area is 105 Å². The Bertz CT molecular complexity index is 454. The van der Waals surface area contributed by atoms with Crippen molar-refractivity contribution in [1.29, 1.82) is 0 Å². The Morgan fingerprint density at radius 2 is 1.94 bits per heavy atom. The fourth-order valence-electron chi connectivity index (χ4n) is 1.21. The van der Waals surface area contributed by atoms with E-state index >= 15 is 0 Å². The summed E-state index contributed by atoms with van der Waals surface area (Å²) in [5.41, 5.74) is -0.00231. The van der Waals surface area contributed by atoms with Gasteiger partial charge in [0, 0.05) is 23.0 Å². The summed E-state index contributed by atoms with van der Waals surface area (Å²) < 4.78 is 37.5. The van der Waals surface area contributed by atoms with Gasteiger partial charge >= 0.3 is 6.18 Å². The Hall–Kier alpha value is -1.30. The van der Waals surface area contributed by atoms with Gasteiger partial charge in [0.05, 0.1) is 5.70 Å². The number of nitrogens with one attached hydrogen (secondary N) is 1. The standard InChI is InChI=1S/C11H9BrF3NO/c1-7(17)16-10(6-11(13,14)15)8-4-2-3-5-9(8)12/h2-6H,1H3,(H,16,17)/b10-6+. The molecule has 92 valence electrons. The van der Waals surface area contributed by atoms with Gasteiger partial charge in [0.1, 0.15) is 0 Å². The molecule has 0 aliphatic rings. The molecule has 0 saturated heterocycles. The summed E-state index contributed by atoms with van der Waals surface area (Å²) in [5, 5.41) is 2.17. The summed E-state index contributed by atoms with van der Waals surface area (Å²) in [6.07, 6.45) is -4.43. The van der Waals surface area contributed by atoms with Crippen molar-refractivity contribution < 1.29 is 18.0 Å². The van der Waals surface area contributed by atoms with E-state index in [1.165, 1.54) is 6.07 Å². The molecule has 1 aromatic carbocycles. The molecule has 0 spiro atoms. The van der Waals surface area contributed by atoms with Crippen LogP contribution in [0.5, 0.6) is 0 Å². The lowest BCUT2D eigenvalue weighted by Crippen LogP contribution is -2.20. The topological polar surface area (TPSA) is 29.1 Å². The zero-order valence-corrected chi connectivity index (χ0v) is 10.4. The third kappa shape index (κ3) is 4.60. The third-order valence-corrected chi connectivity index (χ3v) is 2.47. The Balaban J connectivity index is 3.21. The van der Waals surface area contributed by atoms with E-state index in [0.717, 1.165) is 6.92 Å². The molecule has 0 atom stereocenters. The highest BCUT2D eigenvalue weighted by Crippen LogP contribution is 2.27. The van der Waals surface area contributed by atoms with Crippen LogP contribution < -0.4 is 5.32 Å². The van der Waals surface area contributed by atoms with Gasteiger partial charge in [0.25, 0.3) is 0 Å². The van der Waals surface area contributed by atoms with Crippen molar-refractivity contribution >= 4 is 27.5 Å². The summed E-state index contributed by atoms with van der Waals surface area (Å²) in [6, 6.07) is 6.34.